The van der Waals surface area contributed by atoms with Crippen molar-refractivity contribution in [1.29, 1.82) is 0 Å². The summed E-state index contributed by atoms with van der Waals surface area (Å²) in [5.41, 5.74) is 0.456. The highest BCUT2D eigenvalue weighted by molar-refractivity contribution is 5.86. The summed E-state index contributed by atoms with van der Waals surface area (Å²) < 4.78 is 5.77. The molecule has 0 radical (unpaired) electrons. The lowest BCUT2D eigenvalue weighted by molar-refractivity contribution is -0.838. The molecule has 0 amide bonds. The number of ether oxygens (including phenoxy) is 1. The molecule has 0 aliphatic carbocycles. The highest BCUT2D eigenvalue weighted by Gasteiger charge is 2.09. The second-order valence-electron chi connectivity index (χ2n) is 4.31. The monoisotopic (exact) mass is 247 g/mol. The number of nitrogens with zero attached hydrogens (tertiary/aromatic N) is 1. The summed E-state index contributed by atoms with van der Waals surface area (Å²) in [6, 6.07) is 0. The molecule has 0 aliphatic heterocycles. The number of halogens is 1. The van der Waals surface area contributed by atoms with E-state index in [1.807, 2.05) is 6.20 Å². The molecule has 0 atom stereocenters. The van der Waals surface area contributed by atoms with E-state index >= 15 is 0 Å². The van der Waals surface area contributed by atoms with Crippen LogP contribution in [0.25, 0.3) is 0 Å². The van der Waals surface area contributed by atoms with Gasteiger partial charge >= 0.3 is 5.97 Å². The van der Waals surface area contributed by atoms with Gasteiger partial charge in [0.25, 0.3) is 0 Å². The lowest BCUT2D eigenvalue weighted by Crippen LogP contribution is -3.00. The zero-order chi connectivity index (χ0) is 11.9. The van der Waals surface area contributed by atoms with Gasteiger partial charge in [-0.2, -0.15) is 0 Å². The topological polar surface area (TPSA) is 26.3 Å². The van der Waals surface area contributed by atoms with E-state index < -0.39 is 0 Å². The van der Waals surface area contributed by atoms with Crippen LogP contribution in [0.3, 0.4) is 0 Å². The minimum Gasteiger partial charge on any atom is -1.00 e. The third-order valence-corrected chi connectivity index (χ3v) is 2.20. The molecule has 0 spiro atoms. The van der Waals surface area contributed by atoms with Crippen molar-refractivity contribution in [3.05, 3.63) is 24.9 Å². The van der Waals surface area contributed by atoms with Crippen LogP contribution >= 0.6 is 0 Å². The van der Waals surface area contributed by atoms with E-state index in [0.717, 1.165) is 23.9 Å². The summed E-state index contributed by atoms with van der Waals surface area (Å²) in [4.78, 5) is 11.0. The zero-order valence-electron chi connectivity index (χ0n) is 10.5. The Balaban J connectivity index is 0. The second-order valence-corrected chi connectivity index (χ2v) is 4.31. The molecule has 0 bridgehead atoms. The van der Waals surface area contributed by atoms with Crippen LogP contribution in [0.5, 0.6) is 0 Å². The first-order valence-electron chi connectivity index (χ1n) is 5.18. The lowest BCUT2D eigenvalue weighted by Gasteiger charge is -2.24. The molecular formula is C12H22ClNO2. The van der Waals surface area contributed by atoms with Gasteiger partial charge in [-0.05, 0) is 19.9 Å². The van der Waals surface area contributed by atoms with Gasteiger partial charge in [-0.1, -0.05) is 6.58 Å². The van der Waals surface area contributed by atoms with Crippen LogP contribution in [0.1, 0.15) is 19.8 Å². The molecule has 0 fully saturated rings. The van der Waals surface area contributed by atoms with Gasteiger partial charge in [0.15, 0.2) is 0 Å². The maximum Gasteiger partial charge on any atom is 0.333 e. The summed E-state index contributed by atoms with van der Waals surface area (Å²) in [5.74, 6) is -0.299. The van der Waals surface area contributed by atoms with E-state index in [0.29, 0.717) is 12.2 Å². The summed E-state index contributed by atoms with van der Waals surface area (Å²) in [7, 11) is 4.18. The Labute approximate surface area is 105 Å². The fourth-order valence-corrected chi connectivity index (χ4v) is 1.00. The molecule has 0 saturated heterocycles. The molecule has 94 valence electrons. The number of carbonyl (C=O) groups is 1. The minimum atomic E-state index is -0.299. The van der Waals surface area contributed by atoms with Gasteiger partial charge < -0.3 is 21.6 Å². The van der Waals surface area contributed by atoms with Crippen LogP contribution in [0, 0.1) is 0 Å². The fraction of sp³-hybridized carbons (Fsp3) is 0.583. The summed E-state index contributed by atoms with van der Waals surface area (Å²) in [6.07, 6.45) is 3.80. The standard InChI is InChI=1S/C12H22NO2.ClH/c1-6-13(4,5)9-7-8-10-15-12(14)11(2)3;/h6H,1-2,7-10H2,3-5H3;1H/q+1;/p-1. The van der Waals surface area contributed by atoms with E-state index in [1.54, 1.807) is 6.92 Å². The predicted molar refractivity (Wildman–Crippen MR) is 62.2 cm³/mol. The summed E-state index contributed by atoms with van der Waals surface area (Å²) in [6.45, 7) is 10.4. The van der Waals surface area contributed by atoms with Gasteiger partial charge in [-0.3, -0.25) is 0 Å². The largest absolute Gasteiger partial charge is 1.00 e. The average molecular weight is 248 g/mol. The molecule has 0 heterocycles. The van der Waals surface area contributed by atoms with E-state index in [4.69, 9.17) is 4.74 Å². The number of carbonyl (C=O) groups excluding carboxylic acids is 1. The molecule has 0 unspecified atom stereocenters. The maximum atomic E-state index is 11.0. The van der Waals surface area contributed by atoms with Gasteiger partial charge in [0.05, 0.1) is 33.4 Å². The number of esters is 1. The van der Waals surface area contributed by atoms with E-state index in [2.05, 4.69) is 27.3 Å². The Morgan fingerprint density at radius 3 is 2.38 bits per heavy atom. The summed E-state index contributed by atoms with van der Waals surface area (Å²) in [5, 5.41) is 0. The van der Waals surface area contributed by atoms with Crippen molar-refractivity contribution < 1.29 is 26.4 Å². The second kappa shape index (κ2) is 8.36. The highest BCUT2D eigenvalue weighted by atomic mass is 35.5. The Bertz CT molecular complexity index is 249. The molecule has 0 rings (SSSR count). The molecule has 0 aromatic heterocycles. The van der Waals surface area contributed by atoms with Gasteiger partial charge in [0.2, 0.25) is 0 Å². The number of hydrogen-bond acceptors (Lipinski definition) is 2. The van der Waals surface area contributed by atoms with Crippen molar-refractivity contribution in [3.8, 4) is 0 Å². The van der Waals surface area contributed by atoms with Crippen molar-refractivity contribution in [2.24, 2.45) is 0 Å². The molecule has 0 N–H and O–H groups in total. The molecule has 3 nitrogen and oxygen atoms in total. The minimum absolute atomic E-state index is 0. The van der Waals surface area contributed by atoms with E-state index in [9.17, 15) is 4.79 Å². The van der Waals surface area contributed by atoms with Crippen molar-refractivity contribution in [3.63, 3.8) is 0 Å². The lowest BCUT2D eigenvalue weighted by atomic mass is 10.3. The zero-order valence-corrected chi connectivity index (χ0v) is 11.2. The molecule has 4 heteroatoms. The predicted octanol–water partition coefficient (Wildman–Crippen LogP) is -0.890. The Morgan fingerprint density at radius 1 is 1.38 bits per heavy atom. The maximum absolute atomic E-state index is 11.0. The van der Waals surface area contributed by atoms with E-state index in [1.165, 1.54) is 0 Å². The third-order valence-electron chi connectivity index (χ3n) is 2.20. The number of rotatable bonds is 7. The average Bonchev–Trinajstić information content (AvgIpc) is 2.16. The first kappa shape index (κ1) is 17.6. The molecule has 0 aromatic carbocycles. The van der Waals surface area contributed by atoms with Crippen LogP contribution in [-0.2, 0) is 9.53 Å². The Hall–Kier alpha value is -0.800. The smallest absolute Gasteiger partial charge is 0.333 e. The van der Waals surface area contributed by atoms with Crippen molar-refractivity contribution in [2.75, 3.05) is 27.2 Å². The Kier molecular flexibility index (Phi) is 9.19. The first-order chi connectivity index (χ1) is 6.89. The summed E-state index contributed by atoms with van der Waals surface area (Å²) >= 11 is 0. The van der Waals surface area contributed by atoms with Crippen molar-refractivity contribution in [2.45, 2.75) is 19.8 Å². The van der Waals surface area contributed by atoms with Crippen molar-refractivity contribution >= 4 is 5.97 Å². The first-order valence-corrected chi connectivity index (χ1v) is 5.18. The van der Waals surface area contributed by atoms with Crippen molar-refractivity contribution in [1.82, 2.24) is 0 Å². The Morgan fingerprint density at radius 2 is 1.94 bits per heavy atom. The van der Waals surface area contributed by atoms with Crippen LogP contribution in [0.4, 0.5) is 0 Å². The number of unbranched alkanes of at least 4 members (excludes halogenated alkanes) is 1. The molecule has 0 saturated carbocycles. The van der Waals surface area contributed by atoms with Gasteiger partial charge in [0, 0.05) is 12.0 Å². The highest BCUT2D eigenvalue weighted by Crippen LogP contribution is 2.02. The normalized spacial score (nSPS) is 10.2. The van der Waals surface area contributed by atoms with Gasteiger partial charge in [0.1, 0.15) is 0 Å². The van der Waals surface area contributed by atoms with Crippen LogP contribution < -0.4 is 12.4 Å². The number of hydrogen-bond donors (Lipinski definition) is 0. The molecule has 0 aliphatic rings. The fourth-order valence-electron chi connectivity index (χ4n) is 1.00. The SMILES string of the molecule is C=C[N+](C)(C)CCCCOC(=O)C(=C)C.[Cl-]. The number of quaternary nitrogens is 1. The van der Waals surface area contributed by atoms with Crippen LogP contribution in [0.2, 0.25) is 0 Å². The third kappa shape index (κ3) is 8.50. The van der Waals surface area contributed by atoms with Crippen LogP contribution in [0.15, 0.2) is 24.9 Å². The molecule has 0 aromatic rings. The quantitative estimate of drug-likeness (QED) is 0.253. The van der Waals surface area contributed by atoms with Gasteiger partial charge in [-0.15, -0.1) is 0 Å². The van der Waals surface area contributed by atoms with E-state index in [-0.39, 0.29) is 18.4 Å². The van der Waals surface area contributed by atoms with Gasteiger partial charge in [-0.25, -0.2) is 4.79 Å². The molecular weight excluding hydrogens is 226 g/mol. The molecule has 16 heavy (non-hydrogen) atoms. The van der Waals surface area contributed by atoms with Crippen LogP contribution in [-0.4, -0.2) is 37.7 Å².